The Morgan fingerprint density at radius 3 is 2.50 bits per heavy atom. The molecule has 0 saturated carbocycles. The van der Waals surface area contributed by atoms with Gasteiger partial charge in [-0.25, -0.2) is 13.1 Å². The standard InChI is InChI=1S/C17H17BrN2O3S/c1-10-15-9-14(7-8-16(15)19-17(10)21)24(22,23)20-11(2)12-3-5-13(18)6-4-12/h3-11,20H,1-2H3,(H,19,21)/t10-,11+/m0/s1. The highest BCUT2D eigenvalue weighted by molar-refractivity contribution is 9.10. The zero-order valence-electron chi connectivity index (χ0n) is 13.2. The van der Waals surface area contributed by atoms with Gasteiger partial charge in [0.1, 0.15) is 0 Å². The van der Waals surface area contributed by atoms with Crippen LogP contribution in [0, 0.1) is 0 Å². The third-order valence-electron chi connectivity index (χ3n) is 4.15. The van der Waals surface area contributed by atoms with Crippen molar-refractivity contribution < 1.29 is 13.2 Å². The van der Waals surface area contributed by atoms with Crippen molar-refractivity contribution in [1.29, 1.82) is 0 Å². The average Bonchev–Trinajstić information content (AvgIpc) is 2.82. The van der Waals surface area contributed by atoms with E-state index in [9.17, 15) is 13.2 Å². The average molecular weight is 409 g/mol. The fourth-order valence-corrected chi connectivity index (χ4v) is 4.21. The van der Waals surface area contributed by atoms with Gasteiger partial charge in [0.15, 0.2) is 0 Å². The predicted octanol–water partition coefficient (Wildman–Crippen LogP) is 3.54. The number of carbonyl (C=O) groups is 1. The molecule has 0 spiro atoms. The van der Waals surface area contributed by atoms with E-state index in [-0.39, 0.29) is 22.8 Å². The van der Waals surface area contributed by atoms with Crippen molar-refractivity contribution in [3.05, 3.63) is 58.1 Å². The third-order valence-corrected chi connectivity index (χ3v) is 6.22. The van der Waals surface area contributed by atoms with Gasteiger partial charge in [0, 0.05) is 16.2 Å². The molecule has 0 unspecified atom stereocenters. The molecule has 1 amide bonds. The first-order valence-electron chi connectivity index (χ1n) is 7.50. The molecule has 1 aliphatic heterocycles. The second-order valence-corrected chi connectivity index (χ2v) is 8.48. The molecular weight excluding hydrogens is 392 g/mol. The highest BCUT2D eigenvalue weighted by atomic mass is 79.9. The Bertz CT molecular complexity index is 895. The van der Waals surface area contributed by atoms with Gasteiger partial charge in [-0.2, -0.15) is 0 Å². The molecule has 1 heterocycles. The van der Waals surface area contributed by atoms with E-state index in [1.807, 2.05) is 24.3 Å². The summed E-state index contributed by atoms with van der Waals surface area (Å²) >= 11 is 3.36. The number of sulfonamides is 1. The van der Waals surface area contributed by atoms with Crippen molar-refractivity contribution in [1.82, 2.24) is 4.72 Å². The molecule has 2 aromatic carbocycles. The van der Waals surface area contributed by atoms with Gasteiger partial charge >= 0.3 is 0 Å². The minimum absolute atomic E-state index is 0.115. The second kappa shape index (κ2) is 6.31. The summed E-state index contributed by atoms with van der Waals surface area (Å²) < 4.78 is 28.9. The number of anilines is 1. The van der Waals surface area contributed by atoms with Crippen LogP contribution in [-0.4, -0.2) is 14.3 Å². The number of nitrogens with one attached hydrogen (secondary N) is 2. The molecule has 2 N–H and O–H groups in total. The summed E-state index contributed by atoms with van der Waals surface area (Å²) in [6.45, 7) is 3.55. The Kier molecular flexibility index (Phi) is 4.50. The van der Waals surface area contributed by atoms with Crippen LogP contribution < -0.4 is 10.0 Å². The minimum Gasteiger partial charge on any atom is -0.325 e. The number of fused-ring (bicyclic) bond motifs is 1. The lowest BCUT2D eigenvalue weighted by Gasteiger charge is -2.15. The smallest absolute Gasteiger partial charge is 0.241 e. The van der Waals surface area contributed by atoms with Crippen molar-refractivity contribution in [3.8, 4) is 0 Å². The lowest BCUT2D eigenvalue weighted by molar-refractivity contribution is -0.116. The van der Waals surface area contributed by atoms with Crippen LogP contribution in [0.25, 0.3) is 0 Å². The summed E-state index contributed by atoms with van der Waals surface area (Å²) in [7, 11) is -3.68. The van der Waals surface area contributed by atoms with Crippen LogP contribution in [0.1, 0.15) is 36.9 Å². The first-order valence-corrected chi connectivity index (χ1v) is 9.78. The molecule has 7 heteroatoms. The van der Waals surface area contributed by atoms with Gasteiger partial charge in [-0.3, -0.25) is 4.79 Å². The third kappa shape index (κ3) is 3.24. The van der Waals surface area contributed by atoms with Crippen LogP contribution in [0.2, 0.25) is 0 Å². The number of halogens is 1. The van der Waals surface area contributed by atoms with E-state index >= 15 is 0 Å². The fourth-order valence-electron chi connectivity index (χ4n) is 2.68. The largest absolute Gasteiger partial charge is 0.325 e. The summed E-state index contributed by atoms with van der Waals surface area (Å²) in [5.74, 6) is -0.463. The summed E-state index contributed by atoms with van der Waals surface area (Å²) in [6.07, 6.45) is 0. The lowest BCUT2D eigenvalue weighted by atomic mass is 10.0. The van der Waals surface area contributed by atoms with E-state index < -0.39 is 10.0 Å². The Balaban J connectivity index is 1.86. The zero-order valence-corrected chi connectivity index (χ0v) is 15.6. The molecule has 0 bridgehead atoms. The molecule has 24 heavy (non-hydrogen) atoms. The Hall–Kier alpha value is -1.70. The second-order valence-electron chi connectivity index (χ2n) is 5.85. The predicted molar refractivity (Wildman–Crippen MR) is 96.4 cm³/mol. The van der Waals surface area contributed by atoms with Gasteiger partial charge < -0.3 is 5.32 Å². The number of hydrogen-bond donors (Lipinski definition) is 2. The first kappa shape index (κ1) is 17.1. The number of benzene rings is 2. The molecular formula is C17H17BrN2O3S. The van der Waals surface area contributed by atoms with Gasteiger partial charge in [0.25, 0.3) is 0 Å². The van der Waals surface area contributed by atoms with Crippen LogP contribution in [0.15, 0.2) is 51.8 Å². The summed E-state index contributed by atoms with van der Waals surface area (Å²) in [4.78, 5) is 11.9. The highest BCUT2D eigenvalue weighted by Crippen LogP contribution is 2.34. The van der Waals surface area contributed by atoms with Gasteiger partial charge in [-0.1, -0.05) is 28.1 Å². The molecule has 0 aromatic heterocycles. The molecule has 126 valence electrons. The molecule has 2 atom stereocenters. The maximum absolute atomic E-state index is 12.6. The van der Waals surface area contributed by atoms with Gasteiger partial charge in [-0.05, 0) is 55.3 Å². The summed E-state index contributed by atoms with van der Waals surface area (Å²) in [5, 5.41) is 2.74. The zero-order chi connectivity index (χ0) is 17.5. The monoisotopic (exact) mass is 408 g/mol. The number of carbonyl (C=O) groups excluding carboxylic acids is 1. The molecule has 5 nitrogen and oxygen atoms in total. The number of hydrogen-bond acceptors (Lipinski definition) is 3. The van der Waals surface area contributed by atoms with E-state index in [0.29, 0.717) is 11.3 Å². The molecule has 0 aliphatic carbocycles. The van der Waals surface area contributed by atoms with Crippen LogP contribution in [-0.2, 0) is 14.8 Å². The van der Waals surface area contributed by atoms with Crippen molar-refractivity contribution in [2.45, 2.75) is 30.7 Å². The lowest BCUT2D eigenvalue weighted by Crippen LogP contribution is -2.27. The Morgan fingerprint density at radius 2 is 1.83 bits per heavy atom. The van der Waals surface area contributed by atoms with E-state index in [0.717, 1.165) is 10.0 Å². The highest BCUT2D eigenvalue weighted by Gasteiger charge is 2.28. The molecule has 0 fully saturated rings. The van der Waals surface area contributed by atoms with E-state index in [4.69, 9.17) is 0 Å². The van der Waals surface area contributed by atoms with Crippen molar-refractivity contribution >= 4 is 37.5 Å². The molecule has 0 saturated heterocycles. The van der Waals surface area contributed by atoms with E-state index in [1.165, 1.54) is 6.07 Å². The fraction of sp³-hybridized carbons (Fsp3) is 0.235. The van der Waals surface area contributed by atoms with E-state index in [1.54, 1.807) is 26.0 Å². The Morgan fingerprint density at radius 1 is 1.17 bits per heavy atom. The van der Waals surface area contributed by atoms with Gasteiger partial charge in [0.2, 0.25) is 15.9 Å². The topological polar surface area (TPSA) is 75.3 Å². The maximum atomic E-state index is 12.6. The van der Waals surface area contributed by atoms with Crippen LogP contribution in [0.3, 0.4) is 0 Å². The van der Waals surface area contributed by atoms with E-state index in [2.05, 4.69) is 26.0 Å². The molecule has 0 radical (unpaired) electrons. The SMILES string of the molecule is C[C@@H]1C(=O)Nc2ccc(S(=O)(=O)N[C@H](C)c3ccc(Br)cc3)cc21. The number of rotatable bonds is 4. The summed E-state index contributed by atoms with van der Waals surface area (Å²) in [6, 6.07) is 11.8. The molecule has 3 rings (SSSR count). The van der Waals surface area contributed by atoms with Crippen molar-refractivity contribution in [3.63, 3.8) is 0 Å². The van der Waals surface area contributed by atoms with Crippen molar-refractivity contribution in [2.24, 2.45) is 0 Å². The minimum atomic E-state index is -3.68. The Labute approximate surface area is 149 Å². The van der Waals surface area contributed by atoms with Gasteiger partial charge in [0.05, 0.1) is 10.8 Å². The molecule has 1 aliphatic rings. The van der Waals surface area contributed by atoms with Crippen molar-refractivity contribution in [2.75, 3.05) is 5.32 Å². The normalized spacial score (nSPS) is 18.1. The van der Waals surface area contributed by atoms with Crippen LogP contribution in [0.5, 0.6) is 0 Å². The van der Waals surface area contributed by atoms with Gasteiger partial charge in [-0.15, -0.1) is 0 Å². The summed E-state index contributed by atoms with van der Waals surface area (Å²) in [5.41, 5.74) is 2.25. The first-order chi connectivity index (χ1) is 11.3. The molecule has 2 aromatic rings. The number of amides is 1. The van der Waals surface area contributed by atoms with Crippen LogP contribution in [0.4, 0.5) is 5.69 Å². The maximum Gasteiger partial charge on any atom is 0.241 e. The quantitative estimate of drug-likeness (QED) is 0.811. The van der Waals surface area contributed by atoms with Crippen LogP contribution >= 0.6 is 15.9 Å².